The molecule has 4 heteroatoms. The first-order valence-corrected chi connectivity index (χ1v) is 14.8. The second-order valence-corrected chi connectivity index (χ2v) is 16.0. The molecule has 0 saturated heterocycles. The van der Waals surface area contributed by atoms with E-state index in [0.29, 0.717) is 12.7 Å². The predicted octanol–water partition coefficient (Wildman–Crippen LogP) is 8.08. The number of carbonyl (C=O) groups is 1. The van der Waals surface area contributed by atoms with E-state index < -0.39 is 8.32 Å². The minimum Gasteiger partial charge on any atom is -0.463 e. The Balaban J connectivity index is 2.91. The van der Waals surface area contributed by atoms with Crippen LogP contribution in [0.2, 0.25) is 18.1 Å². The van der Waals surface area contributed by atoms with E-state index in [1.165, 1.54) is 22.8 Å². The molecule has 0 aromatic rings. The lowest BCUT2D eigenvalue weighted by molar-refractivity contribution is -0.137. The van der Waals surface area contributed by atoms with Gasteiger partial charge < -0.3 is 9.16 Å². The maximum Gasteiger partial charge on any atom is 0.330 e. The molecule has 0 bridgehead atoms. The lowest BCUT2D eigenvalue weighted by Gasteiger charge is -2.44. The van der Waals surface area contributed by atoms with Gasteiger partial charge in [-0.2, -0.15) is 0 Å². The molecule has 0 amide bonds. The molecule has 1 aliphatic carbocycles. The van der Waals surface area contributed by atoms with E-state index in [2.05, 4.69) is 79.8 Å². The van der Waals surface area contributed by atoms with Crippen LogP contribution < -0.4 is 0 Å². The minimum atomic E-state index is -1.77. The fourth-order valence-corrected chi connectivity index (χ4v) is 5.22. The first-order chi connectivity index (χ1) is 14.6. The maximum absolute atomic E-state index is 11.5. The average molecular weight is 459 g/mol. The molecule has 0 aromatic heterocycles. The van der Waals surface area contributed by atoms with Gasteiger partial charge in [-0.25, -0.2) is 4.79 Å². The van der Waals surface area contributed by atoms with Crippen molar-refractivity contribution in [3.63, 3.8) is 0 Å². The zero-order valence-electron chi connectivity index (χ0n) is 22.4. The summed E-state index contributed by atoms with van der Waals surface area (Å²) in [6, 6.07) is 0. The molecule has 1 atom stereocenters. The molecular formula is C28H46O3Si. The highest BCUT2D eigenvalue weighted by Gasteiger charge is 2.42. The lowest BCUT2D eigenvalue weighted by Crippen LogP contribution is -2.46. The van der Waals surface area contributed by atoms with Crippen LogP contribution in [-0.4, -0.2) is 27.0 Å². The number of allylic oxidation sites excluding steroid dienone is 8. The molecule has 0 fully saturated rings. The Hall–Kier alpha value is -1.65. The van der Waals surface area contributed by atoms with Crippen molar-refractivity contribution in [3.8, 4) is 0 Å². The SMILES string of the molecule is CCOC(=O)/C=C(C)/C=C/C=C(C)/C=C/C1=C(C)C[C@@H](O[Si](C)(C)C(C)(C)C)CC1(C)C. The largest absolute Gasteiger partial charge is 0.463 e. The van der Waals surface area contributed by atoms with Crippen LogP contribution in [0.5, 0.6) is 0 Å². The number of carbonyl (C=O) groups excluding carboxylic acids is 1. The summed E-state index contributed by atoms with van der Waals surface area (Å²) in [4.78, 5) is 11.5. The summed E-state index contributed by atoms with van der Waals surface area (Å²) in [7, 11) is -1.77. The highest BCUT2D eigenvalue weighted by Crippen LogP contribution is 2.45. The Labute approximate surface area is 198 Å². The van der Waals surface area contributed by atoms with Crippen molar-refractivity contribution < 1.29 is 14.0 Å². The van der Waals surface area contributed by atoms with Gasteiger partial charge in [-0.3, -0.25) is 0 Å². The Bertz CT molecular complexity index is 814. The van der Waals surface area contributed by atoms with Gasteiger partial charge in [-0.15, -0.1) is 0 Å². The summed E-state index contributed by atoms with van der Waals surface area (Å²) >= 11 is 0. The molecule has 0 N–H and O–H groups in total. The molecule has 0 aliphatic heterocycles. The van der Waals surface area contributed by atoms with Gasteiger partial charge in [0.15, 0.2) is 8.32 Å². The number of rotatable bonds is 8. The Kier molecular flexibility index (Phi) is 10.2. The third-order valence-electron chi connectivity index (χ3n) is 6.59. The predicted molar refractivity (Wildman–Crippen MR) is 140 cm³/mol. The topological polar surface area (TPSA) is 35.5 Å². The zero-order valence-corrected chi connectivity index (χ0v) is 23.4. The van der Waals surface area contributed by atoms with E-state index in [1.54, 1.807) is 0 Å². The maximum atomic E-state index is 11.5. The molecule has 0 saturated carbocycles. The van der Waals surface area contributed by atoms with Crippen molar-refractivity contribution in [1.29, 1.82) is 0 Å². The van der Waals surface area contributed by atoms with Gasteiger partial charge in [0.25, 0.3) is 0 Å². The summed E-state index contributed by atoms with van der Waals surface area (Å²) < 4.78 is 11.7. The van der Waals surface area contributed by atoms with Gasteiger partial charge in [0.05, 0.1) is 6.61 Å². The van der Waals surface area contributed by atoms with Crippen molar-refractivity contribution in [2.24, 2.45) is 5.41 Å². The van der Waals surface area contributed by atoms with Crippen LogP contribution in [0.1, 0.15) is 75.2 Å². The quantitative estimate of drug-likeness (QED) is 0.160. The summed E-state index contributed by atoms with van der Waals surface area (Å²) in [5.41, 5.74) is 4.97. The molecule has 0 unspecified atom stereocenters. The van der Waals surface area contributed by atoms with E-state index in [-0.39, 0.29) is 16.4 Å². The molecule has 0 aromatic carbocycles. The first kappa shape index (κ1) is 28.4. The molecule has 0 spiro atoms. The van der Waals surface area contributed by atoms with E-state index in [1.807, 2.05) is 26.0 Å². The molecule has 0 radical (unpaired) electrons. The van der Waals surface area contributed by atoms with E-state index in [0.717, 1.165) is 18.4 Å². The average Bonchev–Trinajstić information content (AvgIpc) is 2.58. The summed E-state index contributed by atoms with van der Waals surface area (Å²) in [5.74, 6) is -0.298. The standard InChI is InChI=1S/C28H46O3Si/c1-12-30-26(29)18-22(3)15-13-14-21(2)16-17-25-23(4)19-24(20-28(25,8)9)31-32(10,11)27(5,6)7/h13-18,24H,12,19-20H2,1-11H3/b15-13+,17-16+,21-14+,22-18+/t24-/m1/s1. The van der Waals surface area contributed by atoms with Gasteiger partial charge in [0, 0.05) is 12.2 Å². The summed E-state index contributed by atoms with van der Waals surface area (Å²) in [6.45, 7) is 24.7. The molecule has 1 aliphatic rings. The second kappa shape index (κ2) is 11.5. The third-order valence-corrected chi connectivity index (χ3v) is 11.1. The first-order valence-electron chi connectivity index (χ1n) is 11.8. The number of esters is 1. The number of hydrogen-bond donors (Lipinski definition) is 0. The van der Waals surface area contributed by atoms with E-state index >= 15 is 0 Å². The van der Waals surface area contributed by atoms with E-state index in [4.69, 9.17) is 9.16 Å². The van der Waals surface area contributed by atoms with Gasteiger partial charge in [0.1, 0.15) is 0 Å². The monoisotopic (exact) mass is 458 g/mol. The van der Waals surface area contributed by atoms with Gasteiger partial charge in [0.2, 0.25) is 0 Å². The Morgan fingerprint density at radius 3 is 2.31 bits per heavy atom. The zero-order chi connectivity index (χ0) is 24.7. The van der Waals surface area contributed by atoms with Crippen LogP contribution in [0.25, 0.3) is 0 Å². The van der Waals surface area contributed by atoms with Gasteiger partial charge in [-0.1, -0.05) is 76.1 Å². The van der Waals surface area contributed by atoms with Crippen molar-refractivity contribution in [3.05, 3.63) is 58.7 Å². The van der Waals surface area contributed by atoms with Crippen LogP contribution >= 0.6 is 0 Å². The van der Waals surface area contributed by atoms with Crippen LogP contribution in [0.3, 0.4) is 0 Å². The molecule has 180 valence electrons. The fourth-order valence-electron chi connectivity index (χ4n) is 3.86. The van der Waals surface area contributed by atoms with Crippen molar-refractivity contribution >= 4 is 14.3 Å². The summed E-state index contributed by atoms with van der Waals surface area (Å²) in [5, 5.41) is 0.230. The van der Waals surface area contributed by atoms with Crippen LogP contribution in [0.4, 0.5) is 0 Å². The lowest BCUT2D eigenvalue weighted by atomic mass is 9.71. The summed E-state index contributed by atoms with van der Waals surface area (Å²) in [6.07, 6.45) is 14.3. The normalized spacial score (nSPS) is 21.0. The van der Waals surface area contributed by atoms with Gasteiger partial charge in [-0.05, 0) is 75.2 Å². The number of ether oxygens (including phenoxy) is 1. The Morgan fingerprint density at radius 2 is 1.78 bits per heavy atom. The molecule has 32 heavy (non-hydrogen) atoms. The molecule has 0 heterocycles. The van der Waals surface area contributed by atoms with Crippen LogP contribution in [0.15, 0.2) is 58.7 Å². The Morgan fingerprint density at radius 1 is 1.16 bits per heavy atom. The van der Waals surface area contributed by atoms with E-state index in [9.17, 15) is 4.79 Å². The highest BCUT2D eigenvalue weighted by atomic mass is 28.4. The van der Waals surface area contributed by atoms with Crippen molar-refractivity contribution in [1.82, 2.24) is 0 Å². The smallest absolute Gasteiger partial charge is 0.330 e. The molecule has 3 nitrogen and oxygen atoms in total. The van der Waals surface area contributed by atoms with Crippen LogP contribution in [0, 0.1) is 5.41 Å². The fraction of sp³-hybridized carbons (Fsp3) is 0.607. The van der Waals surface area contributed by atoms with Crippen LogP contribution in [-0.2, 0) is 14.0 Å². The highest BCUT2D eigenvalue weighted by molar-refractivity contribution is 6.74. The second-order valence-electron chi connectivity index (χ2n) is 11.2. The van der Waals surface area contributed by atoms with Crippen molar-refractivity contribution in [2.75, 3.05) is 6.61 Å². The minimum absolute atomic E-state index is 0.0843. The van der Waals surface area contributed by atoms with Gasteiger partial charge >= 0.3 is 5.97 Å². The molecular weight excluding hydrogens is 412 g/mol. The molecule has 1 rings (SSSR count). The van der Waals surface area contributed by atoms with Crippen molar-refractivity contribution in [2.45, 2.75) is 99.4 Å². The third kappa shape index (κ3) is 8.71. The number of hydrogen-bond acceptors (Lipinski definition) is 3.